The Kier molecular flexibility index (Phi) is 6.16. The van der Waals surface area contributed by atoms with Crippen molar-refractivity contribution >= 4 is 12.0 Å². The number of alkyl halides is 2. The molecule has 0 aromatic rings. The number of carbonyl (C=O) groups is 2. The van der Waals surface area contributed by atoms with E-state index >= 15 is 0 Å². The van der Waals surface area contributed by atoms with Crippen LogP contribution >= 0.6 is 0 Å². The Bertz CT molecular complexity index is 337. The zero-order valence-corrected chi connectivity index (χ0v) is 11.6. The normalized spacial score (nSPS) is 23.1. The quantitative estimate of drug-likeness (QED) is 0.658. The third-order valence-electron chi connectivity index (χ3n) is 3.49. The Morgan fingerprint density at radius 1 is 1.25 bits per heavy atom. The minimum Gasteiger partial charge on any atom is -0.481 e. The molecule has 1 aliphatic rings. The highest BCUT2D eigenvalue weighted by molar-refractivity contribution is 5.74. The molecule has 1 fully saturated rings. The smallest absolute Gasteiger partial charge is 0.315 e. The molecule has 116 valence electrons. The minimum absolute atomic E-state index is 0.0294. The number of carboxylic acid groups (broad SMARTS) is 1. The molecule has 0 bridgehead atoms. The van der Waals surface area contributed by atoms with E-state index in [4.69, 9.17) is 5.11 Å². The van der Waals surface area contributed by atoms with E-state index < -0.39 is 11.9 Å². The van der Waals surface area contributed by atoms with E-state index in [0.29, 0.717) is 25.7 Å². The summed E-state index contributed by atoms with van der Waals surface area (Å²) < 4.78 is 25.1. The van der Waals surface area contributed by atoms with Crippen molar-refractivity contribution in [3.8, 4) is 0 Å². The molecule has 1 aliphatic carbocycles. The monoisotopic (exact) mass is 292 g/mol. The lowest BCUT2D eigenvalue weighted by atomic mass is 9.86. The summed E-state index contributed by atoms with van der Waals surface area (Å²) in [5, 5.41) is 14.1. The number of hydrogen-bond acceptors (Lipinski definition) is 2. The first-order chi connectivity index (χ1) is 9.28. The maximum Gasteiger partial charge on any atom is 0.315 e. The number of carbonyl (C=O) groups excluding carboxylic acids is 1. The van der Waals surface area contributed by atoms with Crippen molar-refractivity contribution in [3.05, 3.63) is 0 Å². The second-order valence-electron chi connectivity index (χ2n) is 5.46. The Morgan fingerprint density at radius 3 is 2.35 bits per heavy atom. The number of amides is 2. The van der Waals surface area contributed by atoms with Crippen molar-refractivity contribution in [1.82, 2.24) is 10.6 Å². The Balaban J connectivity index is 2.13. The maximum absolute atomic E-state index is 12.5. The van der Waals surface area contributed by atoms with Gasteiger partial charge < -0.3 is 15.7 Å². The van der Waals surface area contributed by atoms with Crippen LogP contribution in [-0.4, -0.2) is 35.6 Å². The van der Waals surface area contributed by atoms with Gasteiger partial charge in [0.1, 0.15) is 0 Å². The minimum atomic E-state index is -2.70. The number of aliphatic carboxylic acids is 1. The van der Waals surface area contributed by atoms with Gasteiger partial charge in [-0.25, -0.2) is 13.6 Å². The van der Waals surface area contributed by atoms with Crippen LogP contribution in [0.2, 0.25) is 0 Å². The number of rotatable bonds is 6. The fourth-order valence-corrected chi connectivity index (χ4v) is 2.32. The summed E-state index contributed by atoms with van der Waals surface area (Å²) in [5.74, 6) is -3.80. The summed E-state index contributed by atoms with van der Waals surface area (Å²) in [7, 11) is 0. The molecule has 7 heteroatoms. The van der Waals surface area contributed by atoms with Gasteiger partial charge in [0.15, 0.2) is 0 Å². The van der Waals surface area contributed by atoms with Crippen LogP contribution in [0.15, 0.2) is 0 Å². The molecule has 1 rings (SSSR count). The van der Waals surface area contributed by atoms with Gasteiger partial charge in [-0.3, -0.25) is 4.79 Å². The fourth-order valence-electron chi connectivity index (χ4n) is 2.32. The molecule has 0 radical (unpaired) electrons. The van der Waals surface area contributed by atoms with E-state index in [1.807, 2.05) is 0 Å². The SMILES string of the molecule is CC(F)(F)CCCNC(=O)NC1CCC(C(=O)O)CC1. The molecule has 3 N–H and O–H groups in total. The van der Waals surface area contributed by atoms with Crippen LogP contribution < -0.4 is 10.6 Å². The third-order valence-corrected chi connectivity index (χ3v) is 3.49. The van der Waals surface area contributed by atoms with Gasteiger partial charge in [0.05, 0.1) is 5.92 Å². The molecule has 0 aromatic carbocycles. The van der Waals surface area contributed by atoms with Gasteiger partial charge in [0, 0.05) is 19.0 Å². The first-order valence-electron chi connectivity index (χ1n) is 6.93. The first kappa shape index (κ1) is 16.7. The molecule has 0 saturated heterocycles. The lowest BCUT2D eigenvalue weighted by Crippen LogP contribution is -2.44. The number of hydrogen-bond donors (Lipinski definition) is 3. The molecular weight excluding hydrogens is 270 g/mol. The molecule has 0 spiro atoms. The second kappa shape index (κ2) is 7.40. The van der Waals surface area contributed by atoms with Crippen molar-refractivity contribution in [2.75, 3.05) is 6.54 Å². The second-order valence-corrected chi connectivity index (χ2v) is 5.46. The fraction of sp³-hybridized carbons (Fsp3) is 0.846. The number of carboxylic acids is 1. The molecule has 0 aliphatic heterocycles. The molecule has 0 unspecified atom stereocenters. The molecule has 1 saturated carbocycles. The summed E-state index contributed by atoms with van der Waals surface area (Å²) in [4.78, 5) is 22.3. The molecule has 2 amide bonds. The van der Waals surface area contributed by atoms with Gasteiger partial charge in [-0.05, 0) is 39.0 Å². The largest absolute Gasteiger partial charge is 0.481 e. The lowest BCUT2D eigenvalue weighted by Gasteiger charge is -2.26. The highest BCUT2D eigenvalue weighted by atomic mass is 19.3. The number of urea groups is 1. The summed E-state index contributed by atoms with van der Waals surface area (Å²) >= 11 is 0. The highest BCUT2D eigenvalue weighted by Gasteiger charge is 2.26. The molecule has 0 atom stereocenters. The van der Waals surface area contributed by atoms with Crippen LogP contribution in [-0.2, 0) is 4.79 Å². The van der Waals surface area contributed by atoms with Crippen LogP contribution in [0.1, 0.15) is 45.4 Å². The summed E-state index contributed by atoms with van der Waals surface area (Å²) in [5.41, 5.74) is 0. The average Bonchev–Trinajstić information content (AvgIpc) is 2.34. The Labute approximate surface area is 117 Å². The average molecular weight is 292 g/mol. The van der Waals surface area contributed by atoms with Crippen LogP contribution in [0.25, 0.3) is 0 Å². The standard InChI is InChI=1S/C13H22F2N2O3/c1-13(14,15)7-2-8-16-12(20)17-10-5-3-9(4-6-10)11(18)19/h9-10H,2-8H2,1H3,(H,18,19)(H2,16,17,20). The van der Waals surface area contributed by atoms with Crippen molar-refractivity contribution in [1.29, 1.82) is 0 Å². The maximum atomic E-state index is 12.5. The summed E-state index contributed by atoms with van der Waals surface area (Å²) in [6.07, 6.45) is 2.36. The van der Waals surface area contributed by atoms with Gasteiger partial charge in [0.2, 0.25) is 5.92 Å². The van der Waals surface area contributed by atoms with Crippen LogP contribution in [0.5, 0.6) is 0 Å². The molecule has 5 nitrogen and oxygen atoms in total. The summed E-state index contributed by atoms with van der Waals surface area (Å²) in [6.45, 7) is 1.06. The van der Waals surface area contributed by atoms with Gasteiger partial charge in [0.25, 0.3) is 0 Å². The molecule has 0 heterocycles. The van der Waals surface area contributed by atoms with Gasteiger partial charge >= 0.3 is 12.0 Å². The van der Waals surface area contributed by atoms with Crippen molar-refractivity contribution in [3.63, 3.8) is 0 Å². The molecule has 0 aromatic heterocycles. The van der Waals surface area contributed by atoms with Crippen LogP contribution in [0.3, 0.4) is 0 Å². The number of nitrogens with one attached hydrogen (secondary N) is 2. The first-order valence-corrected chi connectivity index (χ1v) is 6.93. The summed E-state index contributed by atoms with van der Waals surface area (Å²) in [6, 6.07) is -0.401. The zero-order valence-electron chi connectivity index (χ0n) is 11.6. The van der Waals surface area contributed by atoms with E-state index in [2.05, 4.69) is 10.6 Å². The van der Waals surface area contributed by atoms with Crippen molar-refractivity contribution < 1.29 is 23.5 Å². The van der Waals surface area contributed by atoms with Crippen molar-refractivity contribution in [2.24, 2.45) is 5.92 Å². The lowest BCUT2D eigenvalue weighted by molar-refractivity contribution is -0.142. The van der Waals surface area contributed by atoms with E-state index in [0.717, 1.165) is 6.92 Å². The molecular formula is C13H22F2N2O3. The predicted octanol–water partition coefficient (Wildman–Crippen LogP) is 2.36. The number of halogens is 2. The van der Waals surface area contributed by atoms with Crippen LogP contribution in [0, 0.1) is 5.92 Å². The van der Waals surface area contributed by atoms with Gasteiger partial charge in [-0.15, -0.1) is 0 Å². The van der Waals surface area contributed by atoms with Crippen LogP contribution in [0.4, 0.5) is 13.6 Å². The topological polar surface area (TPSA) is 78.4 Å². The van der Waals surface area contributed by atoms with E-state index in [9.17, 15) is 18.4 Å². The zero-order chi connectivity index (χ0) is 15.2. The Hall–Kier alpha value is -1.40. The third kappa shape index (κ3) is 6.68. The van der Waals surface area contributed by atoms with E-state index in [1.165, 1.54) is 0 Å². The van der Waals surface area contributed by atoms with E-state index in [1.54, 1.807) is 0 Å². The highest BCUT2D eigenvalue weighted by Crippen LogP contribution is 2.24. The van der Waals surface area contributed by atoms with Gasteiger partial charge in [-0.1, -0.05) is 0 Å². The van der Waals surface area contributed by atoms with Gasteiger partial charge in [-0.2, -0.15) is 0 Å². The molecule has 20 heavy (non-hydrogen) atoms. The van der Waals surface area contributed by atoms with E-state index in [-0.39, 0.29) is 37.4 Å². The predicted molar refractivity (Wildman–Crippen MR) is 69.8 cm³/mol. The Morgan fingerprint density at radius 2 is 1.85 bits per heavy atom. The van der Waals surface area contributed by atoms with Crippen molar-refractivity contribution in [2.45, 2.75) is 57.4 Å².